The van der Waals surface area contributed by atoms with Crippen molar-refractivity contribution in [3.8, 4) is 0 Å². The van der Waals surface area contributed by atoms with Crippen LogP contribution in [0.3, 0.4) is 0 Å². The second-order valence-electron chi connectivity index (χ2n) is 7.96. The lowest BCUT2D eigenvalue weighted by Crippen LogP contribution is -2.76. The van der Waals surface area contributed by atoms with E-state index in [4.69, 9.17) is 0 Å². The molecule has 6 nitrogen and oxygen atoms in total. The summed E-state index contributed by atoms with van der Waals surface area (Å²) in [7, 11) is -21.2. The van der Waals surface area contributed by atoms with Gasteiger partial charge >= 0.3 is 89.4 Å². The third kappa shape index (κ3) is 7.09. The van der Waals surface area contributed by atoms with Crippen LogP contribution in [0.4, 0.5) is 128 Å². The second kappa shape index (κ2) is 12.0. The first-order valence-electron chi connectivity index (χ1n) is 9.63. The molecule has 0 aliphatic carbocycles. The highest BCUT2D eigenvalue weighted by atomic mass is 32.2. The van der Waals surface area contributed by atoms with E-state index in [1.165, 1.54) is 13.3 Å². The lowest BCUT2D eigenvalue weighted by molar-refractivity contribution is -0.448. The Kier molecular flexibility index (Phi) is 11.5. The van der Waals surface area contributed by atoms with Gasteiger partial charge in [0.1, 0.15) is 0 Å². The molecule has 0 unspecified atom stereocenters. The molecule has 296 valence electrons. The predicted molar refractivity (Wildman–Crippen MR) is 84.7 cm³/mol. The Balaban J connectivity index is 7.92. The van der Waals surface area contributed by atoms with Gasteiger partial charge in [0, 0.05) is 0 Å². The van der Waals surface area contributed by atoms with Crippen molar-refractivity contribution in [3.05, 3.63) is 0 Å². The Labute approximate surface area is 245 Å². The Morgan fingerprint density at radius 1 is 0.429 bits per heavy atom. The van der Waals surface area contributed by atoms with E-state index in [1.807, 2.05) is 0 Å². The molecular formula is C12F29NO5SSi. The van der Waals surface area contributed by atoms with Crippen molar-refractivity contribution in [2.24, 2.45) is 0 Å². The zero-order valence-electron chi connectivity index (χ0n) is 20.4. The molecule has 0 saturated carbocycles. The van der Waals surface area contributed by atoms with Gasteiger partial charge in [-0.15, -0.1) is 26.3 Å². The van der Waals surface area contributed by atoms with Gasteiger partial charge in [0.25, 0.3) is 0 Å². The number of rotatable bonds is 14. The molecule has 0 bridgehead atoms. The Bertz CT molecular complexity index is 1280. The molecule has 0 spiro atoms. The molecular weight excluding hydrogens is 849 g/mol. The van der Waals surface area contributed by atoms with Crippen molar-refractivity contribution in [1.82, 2.24) is 5.34 Å². The third-order valence-electron chi connectivity index (χ3n) is 4.68. The molecule has 0 saturated heterocycles. The molecule has 0 heterocycles. The van der Waals surface area contributed by atoms with Gasteiger partial charge in [0.2, 0.25) is 0 Å². The highest BCUT2D eigenvalue weighted by Crippen LogP contribution is 2.64. The van der Waals surface area contributed by atoms with E-state index in [1.54, 1.807) is 0 Å². The number of hydrogen-bond donors (Lipinski definition) is 0. The standard InChI is InChI=1S/C12F29NO5SSi/c13-1(14,2(15,16)4(19,20)6(23,24)25)3(17,18)5(21,22)8(28,29)48(43,44)12(38,39)47-49(45-10(32,33)34,46-11(35,36)37)9(30,31)7(26,27)42(40)41. The van der Waals surface area contributed by atoms with Gasteiger partial charge < -0.3 is 0 Å². The molecule has 0 fully saturated rings. The topological polar surface area (TPSA) is 65.1 Å². The minimum Gasteiger partial charge on any atom is -0.296 e. The summed E-state index contributed by atoms with van der Waals surface area (Å²) in [5.41, 5.74) is -17.8. The van der Waals surface area contributed by atoms with Crippen molar-refractivity contribution in [1.29, 1.82) is 0 Å². The lowest BCUT2D eigenvalue weighted by atomic mass is 9.94. The predicted octanol–water partition coefficient (Wildman–Crippen LogP) is 8.15. The van der Waals surface area contributed by atoms with Crippen molar-refractivity contribution >= 4 is 18.6 Å². The normalized spacial score (nSPS) is 16.9. The van der Waals surface area contributed by atoms with Crippen LogP contribution in [0.5, 0.6) is 0 Å². The first-order chi connectivity index (χ1) is 20.6. The molecule has 0 rings (SSSR count). The van der Waals surface area contributed by atoms with Crippen LogP contribution < -0.4 is 0 Å². The van der Waals surface area contributed by atoms with Gasteiger partial charge in [-0.05, 0) is 0 Å². The smallest absolute Gasteiger partial charge is 0.296 e. The first kappa shape index (κ1) is 47.0. The van der Waals surface area contributed by atoms with Crippen molar-refractivity contribution in [3.63, 3.8) is 0 Å². The maximum atomic E-state index is 14.1. The highest BCUT2D eigenvalue weighted by molar-refractivity contribution is 7.93. The highest BCUT2D eigenvalue weighted by Gasteiger charge is 2.96. The van der Waals surface area contributed by atoms with Crippen LogP contribution in [0.15, 0.2) is 0 Å². The molecule has 0 atom stereocenters. The molecule has 0 N–H and O–H groups in total. The number of hydrogen-bond acceptors (Lipinski definition) is 6. The number of nitrogens with zero attached hydrogens (tertiary/aromatic N) is 1. The molecule has 0 aliphatic rings. The van der Waals surface area contributed by atoms with Crippen LogP contribution in [0.2, 0.25) is 0 Å². The second-order valence-corrected chi connectivity index (χ2v) is 12.3. The average molecular weight is 849 g/mol. The number of sulfone groups is 1. The van der Waals surface area contributed by atoms with Gasteiger partial charge in [-0.1, -0.05) is 8.96 Å². The maximum absolute atomic E-state index is 14.1. The summed E-state index contributed by atoms with van der Waals surface area (Å²) in [5, 5.41) is -14.1. The summed E-state index contributed by atoms with van der Waals surface area (Å²) in [6, 6.07) is -8.30. The summed E-state index contributed by atoms with van der Waals surface area (Å²) in [4.78, 5) is 0. The quantitative estimate of drug-likeness (QED) is 0.0762. The van der Waals surface area contributed by atoms with Crippen molar-refractivity contribution in [2.45, 2.75) is 70.8 Å². The van der Waals surface area contributed by atoms with Crippen LogP contribution in [-0.2, 0) is 23.1 Å². The molecule has 0 radical (unpaired) electrons. The average Bonchev–Trinajstić information content (AvgIpc) is 2.79. The van der Waals surface area contributed by atoms with Crippen LogP contribution in [0.1, 0.15) is 0 Å². The van der Waals surface area contributed by atoms with E-state index < -0.39 is 94.8 Å². The molecule has 0 aromatic rings. The third-order valence-corrected chi connectivity index (χ3v) is 9.06. The molecule has 0 aromatic carbocycles. The van der Waals surface area contributed by atoms with Crippen LogP contribution >= 0.6 is 0 Å². The zero-order valence-corrected chi connectivity index (χ0v) is 22.2. The van der Waals surface area contributed by atoms with E-state index in [-0.39, 0.29) is 0 Å². The minimum absolute atomic E-state index is 1.27. The van der Waals surface area contributed by atoms with Crippen LogP contribution in [0.25, 0.3) is 0 Å². The van der Waals surface area contributed by atoms with E-state index >= 15 is 0 Å². The van der Waals surface area contributed by atoms with Gasteiger partial charge in [-0.3, -0.25) is 13.3 Å². The summed E-state index contributed by atoms with van der Waals surface area (Å²) in [6.45, 7) is 0. The number of alkyl halides is 27. The van der Waals surface area contributed by atoms with Crippen molar-refractivity contribution < 1.29 is 149 Å². The fourth-order valence-corrected chi connectivity index (χ4v) is 5.75. The molecule has 0 aliphatic heterocycles. The fourth-order valence-electron chi connectivity index (χ4n) is 2.33. The summed E-state index contributed by atoms with van der Waals surface area (Å²) in [6.07, 6.45) is -24.0. The Morgan fingerprint density at radius 2 is 0.714 bits per heavy atom. The summed E-state index contributed by atoms with van der Waals surface area (Å²) >= 11 is 0. The Hall–Kier alpha value is -2.02. The number of halogens is 29. The van der Waals surface area contributed by atoms with E-state index in [9.17, 15) is 136 Å². The molecule has 0 aromatic heterocycles. The van der Waals surface area contributed by atoms with Gasteiger partial charge in [0.15, 0.2) is 0 Å². The van der Waals surface area contributed by atoms with Crippen molar-refractivity contribution in [2.75, 3.05) is 0 Å². The molecule has 0 amide bonds. The monoisotopic (exact) mass is 849 g/mol. The minimum atomic E-state index is -10.8. The summed E-state index contributed by atoms with van der Waals surface area (Å²) < 4.78 is 408. The zero-order chi connectivity index (χ0) is 40.7. The molecule has 37 heteroatoms. The van der Waals surface area contributed by atoms with E-state index in [2.05, 4.69) is 0 Å². The van der Waals surface area contributed by atoms with Gasteiger partial charge in [-0.25, -0.2) is 8.42 Å². The van der Waals surface area contributed by atoms with Crippen LogP contribution in [-0.4, -0.2) is 93.4 Å². The largest absolute Gasteiger partial charge is 0.602 e. The van der Waals surface area contributed by atoms with E-state index in [0.717, 1.165) is 0 Å². The maximum Gasteiger partial charge on any atom is 0.602 e. The fraction of sp³-hybridized carbons (Fsp3) is 1.00. The van der Waals surface area contributed by atoms with Crippen LogP contribution in [0, 0.1) is 0 Å². The SMILES string of the molecule is O=S(=O)(C(F)(F)O[Si](OC(F)(F)F)(OC(F)(F)F)C(F)(F)C(F)(F)N(F)F)C(F)(F)C(F)(F)C(F)(F)C(F)(F)C(F)(F)C(F)(F)C(F)(F)F. The van der Waals surface area contributed by atoms with Gasteiger partial charge in [0.05, 0.1) is 5.34 Å². The lowest BCUT2D eigenvalue weighted by Gasteiger charge is -2.42. The Morgan fingerprint density at radius 3 is 0.980 bits per heavy atom. The first-order valence-corrected chi connectivity index (χ1v) is 12.8. The summed E-state index contributed by atoms with van der Waals surface area (Å²) in [5.74, 6) is -46.9. The van der Waals surface area contributed by atoms with E-state index in [0.29, 0.717) is 0 Å². The van der Waals surface area contributed by atoms with Gasteiger partial charge in [-0.2, -0.15) is 92.2 Å². The molecule has 49 heavy (non-hydrogen) atoms.